The maximum Gasteiger partial charge on any atom is 0.133 e. The number of aryl methyl sites for hydroxylation is 1. The average molecular weight is 281 g/mol. The molecule has 1 nitrogen and oxygen atoms in total. The molecule has 1 fully saturated rings. The summed E-state index contributed by atoms with van der Waals surface area (Å²) in [6.45, 7) is 12.0. The third-order valence-corrected chi connectivity index (χ3v) is 5.38. The summed E-state index contributed by atoms with van der Waals surface area (Å²) >= 11 is 0. The third kappa shape index (κ3) is 2.37. The Hall–Kier alpha value is -0.960. The van der Waals surface area contributed by atoms with Crippen molar-refractivity contribution < 1.29 is 8.78 Å². The van der Waals surface area contributed by atoms with Crippen LogP contribution in [0.3, 0.4) is 0 Å². The van der Waals surface area contributed by atoms with Gasteiger partial charge in [0.1, 0.15) is 11.6 Å². The van der Waals surface area contributed by atoms with Crippen molar-refractivity contribution >= 4 is 0 Å². The van der Waals surface area contributed by atoms with Crippen LogP contribution in [0, 0.1) is 43.2 Å². The first-order chi connectivity index (χ1) is 9.25. The maximum atomic E-state index is 14.5. The molecule has 0 bridgehead atoms. The number of piperidine rings is 1. The zero-order valence-electron chi connectivity index (χ0n) is 13.2. The minimum absolute atomic E-state index is 0.0470. The molecule has 0 aromatic heterocycles. The number of nitrogens with one attached hydrogen (secondary N) is 1. The lowest BCUT2D eigenvalue weighted by atomic mass is 9.72. The molecule has 112 valence electrons. The van der Waals surface area contributed by atoms with E-state index in [1.807, 2.05) is 0 Å². The molecule has 1 aliphatic rings. The van der Waals surface area contributed by atoms with Crippen molar-refractivity contribution in [1.29, 1.82) is 0 Å². The van der Waals surface area contributed by atoms with E-state index in [1.165, 1.54) is 6.92 Å². The lowest BCUT2D eigenvalue weighted by molar-refractivity contribution is 0.116. The van der Waals surface area contributed by atoms with Crippen molar-refractivity contribution in [1.82, 2.24) is 5.32 Å². The second-order valence-electron chi connectivity index (χ2n) is 6.55. The highest BCUT2D eigenvalue weighted by Gasteiger charge is 2.37. The van der Waals surface area contributed by atoms with Gasteiger partial charge in [-0.15, -0.1) is 0 Å². The van der Waals surface area contributed by atoms with E-state index in [0.717, 1.165) is 0 Å². The smallest absolute Gasteiger partial charge is 0.133 e. The van der Waals surface area contributed by atoms with E-state index in [1.54, 1.807) is 13.0 Å². The summed E-state index contributed by atoms with van der Waals surface area (Å²) < 4.78 is 28.3. The Bertz CT molecular complexity index is 512. The lowest BCUT2D eigenvalue weighted by Crippen LogP contribution is -2.49. The zero-order chi connectivity index (χ0) is 15.2. The highest BCUT2D eigenvalue weighted by Crippen LogP contribution is 2.40. The molecule has 1 heterocycles. The van der Waals surface area contributed by atoms with Gasteiger partial charge in [0, 0.05) is 23.2 Å². The molecule has 0 saturated carbocycles. The van der Waals surface area contributed by atoms with Gasteiger partial charge in [-0.2, -0.15) is 0 Å². The van der Waals surface area contributed by atoms with E-state index in [2.05, 4.69) is 33.0 Å². The molecule has 2 rings (SSSR count). The van der Waals surface area contributed by atoms with E-state index in [9.17, 15) is 8.78 Å². The highest BCUT2D eigenvalue weighted by atomic mass is 19.1. The molecular weight excluding hydrogens is 256 g/mol. The summed E-state index contributed by atoms with van der Waals surface area (Å²) in [5, 5.41) is 3.51. The number of benzene rings is 1. The van der Waals surface area contributed by atoms with Crippen molar-refractivity contribution in [2.45, 2.75) is 53.6 Å². The van der Waals surface area contributed by atoms with Gasteiger partial charge in [-0.1, -0.05) is 20.8 Å². The molecule has 0 spiro atoms. The summed E-state index contributed by atoms with van der Waals surface area (Å²) in [7, 11) is 0. The van der Waals surface area contributed by atoms with Crippen LogP contribution in [0.5, 0.6) is 0 Å². The van der Waals surface area contributed by atoms with Crippen LogP contribution in [-0.2, 0) is 0 Å². The van der Waals surface area contributed by atoms with Gasteiger partial charge in [-0.05, 0) is 50.2 Å². The molecular formula is C17H25F2N. The van der Waals surface area contributed by atoms with Crippen LogP contribution in [0.25, 0.3) is 0 Å². The number of rotatable bonds is 1. The topological polar surface area (TPSA) is 12.0 Å². The standard InChI is InChI=1S/C17H25F2N/c1-8-7-14(16(19)12(5)15(8)18)17-11(4)9(2)10(3)13(6)20-17/h7,9-11,13,17,20H,1-6H3. The molecule has 3 heteroatoms. The molecule has 20 heavy (non-hydrogen) atoms. The summed E-state index contributed by atoms with van der Waals surface area (Å²) in [6, 6.07) is 1.95. The fraction of sp³-hybridized carbons (Fsp3) is 0.647. The summed E-state index contributed by atoms with van der Waals surface area (Å²) in [5.74, 6) is 0.545. The molecule has 5 unspecified atom stereocenters. The van der Waals surface area contributed by atoms with Crippen LogP contribution in [0.1, 0.15) is 50.4 Å². The summed E-state index contributed by atoms with van der Waals surface area (Å²) in [6.07, 6.45) is 0. The van der Waals surface area contributed by atoms with E-state index in [-0.39, 0.29) is 11.6 Å². The van der Waals surface area contributed by atoms with E-state index >= 15 is 0 Å². The minimum atomic E-state index is -0.427. The number of halogens is 2. The SMILES string of the molecule is Cc1cc(C2NC(C)C(C)C(C)C2C)c(F)c(C)c1F. The average Bonchev–Trinajstić information content (AvgIpc) is 2.42. The van der Waals surface area contributed by atoms with Crippen molar-refractivity contribution in [2.24, 2.45) is 17.8 Å². The highest BCUT2D eigenvalue weighted by molar-refractivity contribution is 5.35. The quantitative estimate of drug-likeness (QED) is 0.798. The van der Waals surface area contributed by atoms with Crippen molar-refractivity contribution in [3.05, 3.63) is 34.4 Å². The Labute approximate surface area is 120 Å². The first kappa shape index (κ1) is 15.4. The Morgan fingerprint density at radius 2 is 1.50 bits per heavy atom. The molecule has 1 N–H and O–H groups in total. The monoisotopic (exact) mass is 281 g/mol. The Morgan fingerprint density at radius 3 is 2.10 bits per heavy atom. The van der Waals surface area contributed by atoms with Gasteiger partial charge in [0.15, 0.2) is 0 Å². The zero-order valence-corrected chi connectivity index (χ0v) is 13.2. The molecule has 1 saturated heterocycles. The molecule has 0 radical (unpaired) electrons. The van der Waals surface area contributed by atoms with Crippen molar-refractivity contribution in [3.63, 3.8) is 0 Å². The Morgan fingerprint density at radius 1 is 0.900 bits per heavy atom. The lowest BCUT2D eigenvalue weighted by Gasteiger charge is -2.44. The summed E-state index contributed by atoms with van der Waals surface area (Å²) in [5.41, 5.74) is 1.26. The summed E-state index contributed by atoms with van der Waals surface area (Å²) in [4.78, 5) is 0. The molecule has 1 aliphatic heterocycles. The van der Waals surface area contributed by atoms with Crippen molar-refractivity contribution in [2.75, 3.05) is 0 Å². The van der Waals surface area contributed by atoms with Crippen LogP contribution < -0.4 is 5.32 Å². The molecule has 1 aromatic rings. The minimum Gasteiger partial charge on any atom is -0.307 e. The Balaban J connectivity index is 2.46. The predicted octanol–water partition coefficient (Wildman–Crippen LogP) is 4.52. The van der Waals surface area contributed by atoms with Gasteiger partial charge in [0.2, 0.25) is 0 Å². The molecule has 1 aromatic carbocycles. The van der Waals surface area contributed by atoms with Crippen molar-refractivity contribution in [3.8, 4) is 0 Å². The maximum absolute atomic E-state index is 14.5. The number of hydrogen-bond donors (Lipinski definition) is 1. The second-order valence-corrected chi connectivity index (χ2v) is 6.55. The van der Waals surface area contributed by atoms with Gasteiger partial charge < -0.3 is 5.32 Å². The largest absolute Gasteiger partial charge is 0.307 e. The van der Waals surface area contributed by atoms with Crippen LogP contribution >= 0.6 is 0 Å². The third-order valence-electron chi connectivity index (χ3n) is 5.38. The van der Waals surface area contributed by atoms with E-state index in [4.69, 9.17) is 0 Å². The van der Waals surface area contributed by atoms with Gasteiger partial charge in [0.05, 0.1) is 0 Å². The fourth-order valence-electron chi connectivity index (χ4n) is 3.39. The first-order valence-corrected chi connectivity index (χ1v) is 7.46. The van der Waals surface area contributed by atoms with Gasteiger partial charge in [-0.3, -0.25) is 0 Å². The van der Waals surface area contributed by atoms with Gasteiger partial charge >= 0.3 is 0 Å². The first-order valence-electron chi connectivity index (χ1n) is 7.46. The van der Waals surface area contributed by atoms with Gasteiger partial charge in [0.25, 0.3) is 0 Å². The number of hydrogen-bond acceptors (Lipinski definition) is 1. The molecule has 5 atom stereocenters. The normalized spacial score (nSPS) is 34.3. The van der Waals surface area contributed by atoms with E-state index in [0.29, 0.717) is 34.9 Å². The van der Waals surface area contributed by atoms with Crippen LogP contribution in [0.2, 0.25) is 0 Å². The molecule has 0 aliphatic carbocycles. The van der Waals surface area contributed by atoms with Crippen LogP contribution in [-0.4, -0.2) is 6.04 Å². The Kier molecular flexibility index (Phi) is 4.19. The van der Waals surface area contributed by atoms with E-state index < -0.39 is 11.6 Å². The second kappa shape index (κ2) is 5.44. The van der Waals surface area contributed by atoms with Crippen LogP contribution in [0.4, 0.5) is 8.78 Å². The molecule has 0 amide bonds. The van der Waals surface area contributed by atoms with Crippen LogP contribution in [0.15, 0.2) is 6.07 Å². The fourth-order valence-corrected chi connectivity index (χ4v) is 3.39. The van der Waals surface area contributed by atoms with Gasteiger partial charge in [-0.25, -0.2) is 8.78 Å². The predicted molar refractivity (Wildman–Crippen MR) is 78.7 cm³/mol.